The van der Waals surface area contributed by atoms with E-state index in [0.29, 0.717) is 22.3 Å². The lowest BCUT2D eigenvalue weighted by Gasteiger charge is -2.34. The Morgan fingerprint density at radius 2 is 0.576 bits per heavy atom. The van der Waals surface area contributed by atoms with Crippen molar-refractivity contribution < 1.29 is 42.6 Å². The molecule has 15 heteroatoms. The van der Waals surface area contributed by atoms with Gasteiger partial charge in [-0.25, -0.2) is 0 Å². The summed E-state index contributed by atoms with van der Waals surface area (Å²) in [5, 5.41) is 13.1. The maximum absolute atomic E-state index is 7.63. The van der Waals surface area contributed by atoms with E-state index in [2.05, 4.69) is 21.3 Å². The minimum absolute atomic E-state index is 0.636. The average molecular weight is 817 g/mol. The van der Waals surface area contributed by atoms with E-state index in [-0.39, 0.29) is 0 Å². The maximum Gasteiger partial charge on any atom is 0.245 e. The zero-order valence-corrected chi connectivity index (χ0v) is 36.1. The second-order valence-corrected chi connectivity index (χ2v) is 14.5. The third-order valence-corrected chi connectivity index (χ3v) is 10.9. The van der Waals surface area contributed by atoms with Gasteiger partial charge in [-0.05, 0) is 59.7 Å². The highest BCUT2D eigenvalue weighted by Gasteiger charge is 2.54. The number of methoxy groups -OCH3 is 8. The summed E-state index contributed by atoms with van der Waals surface area (Å²) in [6.45, 7) is 7.12. The van der Waals surface area contributed by atoms with Gasteiger partial charge >= 0.3 is 0 Å². The fourth-order valence-corrected chi connectivity index (χ4v) is 6.68. The molecular formula is C44H60N6O9. The minimum Gasteiger partial charge on any atom is -0.336 e. The number of anilines is 4. The molecule has 0 amide bonds. The Balaban J connectivity index is 1.75. The van der Waals surface area contributed by atoms with E-state index >= 15 is 0 Å². The molecule has 1 heterocycles. The lowest BCUT2D eigenvalue weighted by molar-refractivity contribution is -0.171. The first-order valence-corrected chi connectivity index (χ1v) is 18.9. The second kappa shape index (κ2) is 17.9. The van der Waals surface area contributed by atoms with Crippen LogP contribution in [0.3, 0.4) is 0 Å². The Labute approximate surface area is 347 Å². The Bertz CT molecular complexity index is 1870. The third kappa shape index (κ3) is 9.56. The Morgan fingerprint density at radius 3 is 0.780 bits per heavy atom. The number of rotatable bonds is 20. The zero-order valence-electron chi connectivity index (χ0n) is 36.1. The molecule has 15 nitrogen and oxygen atoms in total. The van der Waals surface area contributed by atoms with Gasteiger partial charge in [0.25, 0.3) is 0 Å². The van der Waals surface area contributed by atoms with Crippen molar-refractivity contribution >= 4 is 33.9 Å². The van der Waals surface area contributed by atoms with Crippen molar-refractivity contribution in [2.75, 3.05) is 78.1 Å². The van der Waals surface area contributed by atoms with Crippen LogP contribution in [0.1, 0.15) is 49.9 Å². The molecule has 5 rings (SSSR count). The smallest absolute Gasteiger partial charge is 0.245 e. The first-order chi connectivity index (χ1) is 27.9. The Hall–Kier alpha value is -4.62. The van der Waals surface area contributed by atoms with Gasteiger partial charge < -0.3 is 63.9 Å². The monoisotopic (exact) mass is 816 g/mol. The molecule has 320 valence electrons. The highest BCUT2D eigenvalue weighted by molar-refractivity contribution is 6.00. The summed E-state index contributed by atoms with van der Waals surface area (Å²) in [5.41, 5.74) is 19.1. The highest BCUT2D eigenvalue weighted by atomic mass is 16.7. The van der Waals surface area contributed by atoms with E-state index in [1.807, 2.05) is 97.1 Å². The van der Waals surface area contributed by atoms with Gasteiger partial charge in [-0.2, -0.15) is 0 Å². The van der Waals surface area contributed by atoms with E-state index in [4.69, 9.17) is 54.1 Å². The second-order valence-electron chi connectivity index (χ2n) is 14.5. The predicted molar refractivity (Wildman–Crippen MR) is 230 cm³/mol. The Morgan fingerprint density at radius 1 is 0.373 bits per heavy atom. The normalized spacial score (nSPS) is 18.9. The number of ether oxygens (including phenoxy) is 9. The lowest BCUT2D eigenvalue weighted by Crippen LogP contribution is -2.46. The minimum atomic E-state index is -1.60. The van der Waals surface area contributed by atoms with E-state index in [0.717, 1.165) is 33.9 Å². The summed E-state index contributed by atoms with van der Waals surface area (Å²) >= 11 is 0. The molecule has 1 aliphatic rings. The van der Waals surface area contributed by atoms with Gasteiger partial charge in [0, 0.05) is 130 Å². The standard InChI is InChI=1S/C44H60N6O9/c1-39(51-5,52-6)47-33-21-13-29(14-22-33)37-38(30-15-23-34(24-16-30)48-40(2,53-7)54-8)44(46,32-19-27-36(28-20-32)50-42(4,57-11)58-12)59-43(37,45)31-17-25-35(26-18-31)49-41(3,55-9)56-10/h13-28,47-50H,45-46H2,1-12H3. The summed E-state index contributed by atoms with van der Waals surface area (Å²) in [6.07, 6.45) is 0. The average Bonchev–Trinajstić information content (AvgIpc) is 3.52. The van der Waals surface area contributed by atoms with Gasteiger partial charge in [0.2, 0.25) is 23.6 Å². The van der Waals surface area contributed by atoms with Crippen molar-refractivity contribution in [1.29, 1.82) is 0 Å². The molecule has 0 saturated carbocycles. The van der Waals surface area contributed by atoms with Crippen LogP contribution in [0.15, 0.2) is 97.1 Å². The first-order valence-electron chi connectivity index (χ1n) is 18.9. The van der Waals surface area contributed by atoms with Crippen LogP contribution in [0.5, 0.6) is 0 Å². The van der Waals surface area contributed by atoms with Gasteiger partial charge in [0.15, 0.2) is 11.4 Å². The van der Waals surface area contributed by atoms with Crippen LogP contribution in [0.2, 0.25) is 0 Å². The van der Waals surface area contributed by atoms with Crippen LogP contribution >= 0.6 is 0 Å². The van der Waals surface area contributed by atoms with Crippen LogP contribution in [0, 0.1) is 0 Å². The quantitative estimate of drug-likeness (QED) is 0.0514. The molecule has 8 N–H and O–H groups in total. The summed E-state index contributed by atoms with van der Waals surface area (Å²) in [5.74, 6) is -4.26. The van der Waals surface area contributed by atoms with Crippen molar-refractivity contribution in [3.05, 3.63) is 119 Å². The van der Waals surface area contributed by atoms with Crippen LogP contribution in [-0.2, 0) is 54.1 Å². The molecule has 59 heavy (non-hydrogen) atoms. The van der Waals surface area contributed by atoms with Gasteiger partial charge in [0.1, 0.15) is 0 Å². The molecule has 0 saturated heterocycles. The summed E-state index contributed by atoms with van der Waals surface area (Å²) in [7, 11) is 12.5. The largest absolute Gasteiger partial charge is 0.336 e. The molecule has 0 radical (unpaired) electrons. The van der Waals surface area contributed by atoms with Crippen LogP contribution in [0.4, 0.5) is 22.7 Å². The van der Waals surface area contributed by atoms with Gasteiger partial charge in [0.05, 0.1) is 0 Å². The molecular weight excluding hydrogens is 757 g/mol. The fourth-order valence-electron chi connectivity index (χ4n) is 6.68. The van der Waals surface area contributed by atoms with E-state index in [1.54, 1.807) is 84.6 Å². The van der Waals surface area contributed by atoms with Crippen molar-refractivity contribution in [3.63, 3.8) is 0 Å². The molecule has 2 unspecified atom stereocenters. The number of nitrogens with two attached hydrogens (primary N) is 2. The molecule has 1 aliphatic heterocycles. The summed E-state index contributed by atoms with van der Waals surface area (Å²) in [4.78, 5) is 0. The van der Waals surface area contributed by atoms with Gasteiger partial charge in [-0.3, -0.25) is 11.5 Å². The summed E-state index contributed by atoms with van der Waals surface area (Å²) in [6, 6.07) is 30.6. The molecule has 4 aromatic carbocycles. The fraction of sp³-hybridized carbons (Fsp3) is 0.409. The van der Waals surface area contributed by atoms with Crippen LogP contribution < -0.4 is 32.7 Å². The first kappa shape index (κ1) is 45.5. The van der Waals surface area contributed by atoms with E-state index < -0.39 is 35.1 Å². The molecule has 0 fully saturated rings. The number of nitrogens with one attached hydrogen (secondary N) is 4. The van der Waals surface area contributed by atoms with E-state index in [9.17, 15) is 0 Å². The number of hydrogen-bond acceptors (Lipinski definition) is 15. The SMILES string of the molecule is COC(C)(Nc1ccc(C2=C(c3ccc(NC(C)(OC)OC)cc3)C(N)(c3ccc(NC(C)(OC)OC)cc3)OC2(N)c2ccc(NC(C)(OC)OC)cc2)cc1)OC. The van der Waals surface area contributed by atoms with Crippen molar-refractivity contribution in [3.8, 4) is 0 Å². The molecule has 0 bridgehead atoms. The highest BCUT2D eigenvalue weighted by Crippen LogP contribution is 2.56. The Kier molecular flexibility index (Phi) is 13.8. The van der Waals surface area contributed by atoms with Crippen LogP contribution in [-0.4, -0.2) is 80.5 Å². The predicted octanol–water partition coefficient (Wildman–Crippen LogP) is 6.76. The third-order valence-electron chi connectivity index (χ3n) is 10.9. The molecule has 0 spiro atoms. The molecule has 2 atom stereocenters. The maximum atomic E-state index is 7.63. The molecule has 4 aromatic rings. The zero-order chi connectivity index (χ0) is 43.3. The number of hydrogen-bond donors (Lipinski definition) is 6. The van der Waals surface area contributed by atoms with Crippen molar-refractivity contribution in [2.45, 2.75) is 62.8 Å². The van der Waals surface area contributed by atoms with Crippen LogP contribution in [0.25, 0.3) is 11.1 Å². The van der Waals surface area contributed by atoms with Crippen molar-refractivity contribution in [2.24, 2.45) is 11.5 Å². The number of benzene rings is 4. The van der Waals surface area contributed by atoms with Crippen molar-refractivity contribution in [1.82, 2.24) is 0 Å². The molecule has 0 aromatic heterocycles. The van der Waals surface area contributed by atoms with E-state index in [1.165, 1.54) is 0 Å². The lowest BCUT2D eigenvalue weighted by atomic mass is 9.82. The summed E-state index contributed by atoms with van der Waals surface area (Å²) < 4.78 is 51.5. The topological polar surface area (TPSA) is 183 Å². The van der Waals surface area contributed by atoms with Gasteiger partial charge in [-0.1, -0.05) is 48.5 Å². The molecule has 0 aliphatic carbocycles. The van der Waals surface area contributed by atoms with Gasteiger partial charge in [-0.15, -0.1) is 0 Å².